The minimum Gasteiger partial charge on any atom is -0.207 e. The van der Waals surface area contributed by atoms with E-state index in [1.807, 2.05) is 13.8 Å². The van der Waals surface area contributed by atoms with Crippen LogP contribution < -0.4 is 0 Å². The molecule has 19 heavy (non-hydrogen) atoms. The summed E-state index contributed by atoms with van der Waals surface area (Å²) < 4.78 is 39.7. The molecule has 0 heterocycles. The average Bonchev–Trinajstić information content (AvgIpc) is 2.38. The van der Waals surface area contributed by atoms with Gasteiger partial charge in [0.25, 0.3) is 0 Å². The summed E-state index contributed by atoms with van der Waals surface area (Å²) in [4.78, 5) is 0.103. The summed E-state index contributed by atoms with van der Waals surface area (Å²) in [5.41, 5.74) is 0.204. The molecule has 1 rings (SSSR count). The molecule has 6 heteroatoms. The SMILES string of the molecule is CCCN(CCC)S(=O)(=O)c1ccc(F)c(CCl)c1. The van der Waals surface area contributed by atoms with E-state index in [9.17, 15) is 12.8 Å². The Morgan fingerprint density at radius 2 is 1.79 bits per heavy atom. The van der Waals surface area contributed by atoms with E-state index >= 15 is 0 Å². The lowest BCUT2D eigenvalue weighted by Gasteiger charge is -2.21. The summed E-state index contributed by atoms with van der Waals surface area (Å²) in [7, 11) is -3.57. The minimum atomic E-state index is -3.57. The van der Waals surface area contributed by atoms with Crippen LogP contribution in [0.25, 0.3) is 0 Å². The Morgan fingerprint density at radius 1 is 1.21 bits per heavy atom. The Hall–Kier alpha value is -0.650. The summed E-state index contributed by atoms with van der Waals surface area (Å²) >= 11 is 5.61. The average molecular weight is 308 g/mol. The number of nitrogens with zero attached hydrogens (tertiary/aromatic N) is 1. The highest BCUT2D eigenvalue weighted by atomic mass is 35.5. The normalized spacial score (nSPS) is 12.1. The molecule has 0 bridgehead atoms. The van der Waals surface area contributed by atoms with Gasteiger partial charge in [0.2, 0.25) is 10.0 Å². The molecule has 0 radical (unpaired) electrons. The molecule has 0 aliphatic rings. The molecule has 0 saturated heterocycles. The van der Waals surface area contributed by atoms with Crippen molar-refractivity contribution in [2.24, 2.45) is 0 Å². The van der Waals surface area contributed by atoms with Crippen molar-refractivity contribution in [1.29, 1.82) is 0 Å². The largest absolute Gasteiger partial charge is 0.243 e. The summed E-state index contributed by atoms with van der Waals surface area (Å²) in [5.74, 6) is -0.525. The second-order valence-corrected chi connectivity index (χ2v) is 6.50. The molecule has 0 aliphatic carbocycles. The highest BCUT2D eigenvalue weighted by Gasteiger charge is 2.23. The Labute approximate surface area is 119 Å². The number of hydrogen-bond acceptors (Lipinski definition) is 2. The topological polar surface area (TPSA) is 37.4 Å². The molecule has 0 atom stereocenters. The molecule has 108 valence electrons. The van der Waals surface area contributed by atoms with E-state index in [4.69, 9.17) is 11.6 Å². The maximum Gasteiger partial charge on any atom is 0.243 e. The van der Waals surface area contributed by atoms with E-state index in [2.05, 4.69) is 0 Å². The first-order valence-corrected chi connectivity index (χ1v) is 8.29. The van der Waals surface area contributed by atoms with Crippen LogP contribution in [0.1, 0.15) is 32.3 Å². The van der Waals surface area contributed by atoms with Crippen LogP contribution in [0.5, 0.6) is 0 Å². The maximum atomic E-state index is 13.4. The van der Waals surface area contributed by atoms with Crippen LogP contribution in [-0.4, -0.2) is 25.8 Å². The standard InChI is InChI=1S/C13H19ClFNO2S/c1-3-7-16(8-4-2)19(17,18)12-5-6-13(15)11(9-12)10-14/h5-6,9H,3-4,7-8,10H2,1-2H3. The van der Waals surface area contributed by atoms with Crippen molar-refractivity contribution in [3.05, 3.63) is 29.6 Å². The van der Waals surface area contributed by atoms with Gasteiger partial charge in [-0.2, -0.15) is 4.31 Å². The number of sulfonamides is 1. The van der Waals surface area contributed by atoms with Crippen molar-refractivity contribution in [2.45, 2.75) is 37.5 Å². The van der Waals surface area contributed by atoms with Crippen molar-refractivity contribution in [3.8, 4) is 0 Å². The van der Waals surface area contributed by atoms with Crippen LogP contribution in [0.3, 0.4) is 0 Å². The highest BCUT2D eigenvalue weighted by molar-refractivity contribution is 7.89. The fraction of sp³-hybridized carbons (Fsp3) is 0.538. The lowest BCUT2D eigenvalue weighted by atomic mass is 10.2. The van der Waals surface area contributed by atoms with E-state index in [0.717, 1.165) is 18.9 Å². The smallest absolute Gasteiger partial charge is 0.207 e. The third kappa shape index (κ3) is 3.91. The molecule has 0 aliphatic heterocycles. The molecule has 0 aromatic heterocycles. The van der Waals surface area contributed by atoms with Gasteiger partial charge in [-0.3, -0.25) is 0 Å². The molecule has 0 unspecified atom stereocenters. The fourth-order valence-corrected chi connectivity index (χ4v) is 3.69. The van der Waals surface area contributed by atoms with Crippen molar-refractivity contribution in [1.82, 2.24) is 4.31 Å². The van der Waals surface area contributed by atoms with E-state index < -0.39 is 15.8 Å². The van der Waals surface area contributed by atoms with Gasteiger partial charge in [0.1, 0.15) is 5.82 Å². The number of alkyl halides is 1. The Balaban J connectivity index is 3.17. The lowest BCUT2D eigenvalue weighted by Crippen LogP contribution is -2.32. The second kappa shape index (κ2) is 7.22. The van der Waals surface area contributed by atoms with Crippen molar-refractivity contribution in [3.63, 3.8) is 0 Å². The van der Waals surface area contributed by atoms with Gasteiger partial charge in [-0.25, -0.2) is 12.8 Å². The van der Waals surface area contributed by atoms with Crippen molar-refractivity contribution in [2.75, 3.05) is 13.1 Å². The van der Waals surface area contributed by atoms with Crippen LogP contribution in [0.4, 0.5) is 4.39 Å². The monoisotopic (exact) mass is 307 g/mol. The van der Waals surface area contributed by atoms with Gasteiger partial charge in [0.15, 0.2) is 0 Å². The van der Waals surface area contributed by atoms with Crippen molar-refractivity contribution >= 4 is 21.6 Å². The quantitative estimate of drug-likeness (QED) is 0.724. The molecule has 0 spiro atoms. The van der Waals surface area contributed by atoms with Gasteiger partial charge >= 0.3 is 0 Å². The third-order valence-corrected chi connectivity index (χ3v) is 4.93. The van der Waals surface area contributed by atoms with E-state index in [1.165, 1.54) is 16.4 Å². The number of rotatable bonds is 7. The first kappa shape index (κ1) is 16.4. The lowest BCUT2D eigenvalue weighted by molar-refractivity contribution is 0.410. The number of halogens is 2. The third-order valence-electron chi connectivity index (χ3n) is 2.74. The summed E-state index contributed by atoms with van der Waals surface area (Å²) in [6.07, 6.45) is 1.48. The molecule has 0 amide bonds. The van der Waals surface area contributed by atoms with Crippen LogP contribution in [0.2, 0.25) is 0 Å². The zero-order chi connectivity index (χ0) is 14.5. The van der Waals surface area contributed by atoms with Crippen LogP contribution in [0, 0.1) is 5.82 Å². The predicted molar refractivity (Wildman–Crippen MR) is 75.3 cm³/mol. The molecule has 1 aromatic carbocycles. The van der Waals surface area contributed by atoms with Crippen LogP contribution >= 0.6 is 11.6 Å². The molecular weight excluding hydrogens is 289 g/mol. The highest BCUT2D eigenvalue weighted by Crippen LogP contribution is 2.20. The molecule has 0 saturated carbocycles. The van der Waals surface area contributed by atoms with Gasteiger partial charge in [0, 0.05) is 18.7 Å². The Kier molecular flexibility index (Phi) is 6.23. The van der Waals surface area contributed by atoms with Gasteiger partial charge in [-0.15, -0.1) is 11.6 Å². The van der Waals surface area contributed by atoms with E-state index in [-0.39, 0.29) is 16.3 Å². The van der Waals surface area contributed by atoms with E-state index in [0.29, 0.717) is 13.1 Å². The molecule has 3 nitrogen and oxygen atoms in total. The Morgan fingerprint density at radius 3 is 2.26 bits per heavy atom. The van der Waals surface area contributed by atoms with Gasteiger partial charge in [-0.05, 0) is 31.0 Å². The molecule has 0 N–H and O–H groups in total. The Bertz CT molecular complexity index is 513. The zero-order valence-corrected chi connectivity index (χ0v) is 12.8. The molecular formula is C13H19ClFNO2S. The van der Waals surface area contributed by atoms with Gasteiger partial charge < -0.3 is 0 Å². The molecule has 1 aromatic rings. The molecule has 0 fully saturated rings. The zero-order valence-electron chi connectivity index (χ0n) is 11.2. The number of hydrogen-bond donors (Lipinski definition) is 0. The predicted octanol–water partition coefficient (Wildman–Crippen LogP) is 3.38. The first-order chi connectivity index (χ1) is 8.97. The summed E-state index contributed by atoms with van der Waals surface area (Å²) in [6, 6.07) is 3.76. The maximum absolute atomic E-state index is 13.4. The van der Waals surface area contributed by atoms with Crippen LogP contribution in [0.15, 0.2) is 23.1 Å². The van der Waals surface area contributed by atoms with E-state index in [1.54, 1.807) is 0 Å². The summed E-state index contributed by atoms with van der Waals surface area (Å²) in [6.45, 7) is 4.77. The van der Waals surface area contributed by atoms with Gasteiger partial charge in [0.05, 0.1) is 10.8 Å². The number of benzene rings is 1. The van der Waals surface area contributed by atoms with Gasteiger partial charge in [-0.1, -0.05) is 13.8 Å². The summed E-state index contributed by atoms with van der Waals surface area (Å²) in [5, 5.41) is 0. The van der Waals surface area contributed by atoms with Crippen LogP contribution in [-0.2, 0) is 15.9 Å². The first-order valence-electron chi connectivity index (χ1n) is 6.31. The second-order valence-electron chi connectivity index (χ2n) is 4.29. The fourth-order valence-electron chi connectivity index (χ4n) is 1.81. The van der Waals surface area contributed by atoms with Crippen molar-refractivity contribution < 1.29 is 12.8 Å². The minimum absolute atomic E-state index is 0.0449.